The lowest BCUT2D eigenvalue weighted by Gasteiger charge is -2.32. The number of ether oxygens (including phenoxy) is 1. The highest BCUT2D eigenvalue weighted by atomic mass is 16.5. The van der Waals surface area contributed by atoms with Crippen molar-refractivity contribution in [3.8, 4) is 5.75 Å². The van der Waals surface area contributed by atoms with Gasteiger partial charge in [0.2, 0.25) is 0 Å². The highest BCUT2D eigenvalue weighted by molar-refractivity contribution is 6.00. The number of benzene rings is 1. The van der Waals surface area contributed by atoms with Crippen LogP contribution in [-0.2, 0) is 0 Å². The molecule has 21 heavy (non-hydrogen) atoms. The quantitative estimate of drug-likeness (QED) is 0.513. The Morgan fingerprint density at radius 1 is 1.43 bits per heavy atom. The first-order chi connectivity index (χ1) is 10.1. The Morgan fingerprint density at radius 3 is 2.95 bits per heavy atom. The van der Waals surface area contributed by atoms with Crippen molar-refractivity contribution < 1.29 is 9.94 Å². The van der Waals surface area contributed by atoms with Gasteiger partial charge < -0.3 is 14.8 Å². The molecule has 0 aromatic heterocycles. The van der Waals surface area contributed by atoms with Crippen LogP contribution in [0.3, 0.4) is 0 Å². The van der Waals surface area contributed by atoms with Crippen molar-refractivity contribution in [2.45, 2.75) is 45.6 Å². The van der Waals surface area contributed by atoms with E-state index < -0.39 is 0 Å². The summed E-state index contributed by atoms with van der Waals surface area (Å²) in [6.07, 6.45) is 4.93. The van der Waals surface area contributed by atoms with E-state index in [4.69, 9.17) is 9.94 Å². The zero-order valence-corrected chi connectivity index (χ0v) is 13.3. The predicted molar refractivity (Wildman–Crippen MR) is 85.6 cm³/mol. The lowest BCUT2D eigenvalue weighted by atomic mass is 10.0. The molecule has 0 spiro atoms. The normalized spacial score (nSPS) is 20.5. The summed E-state index contributed by atoms with van der Waals surface area (Å²) in [7, 11) is 2.20. The molecule has 0 amide bonds. The first-order valence-corrected chi connectivity index (χ1v) is 7.74. The van der Waals surface area contributed by atoms with Crippen LogP contribution in [0.4, 0.5) is 0 Å². The molecule has 1 atom stereocenters. The average Bonchev–Trinajstić information content (AvgIpc) is 2.49. The first-order valence-electron chi connectivity index (χ1n) is 7.74. The van der Waals surface area contributed by atoms with Crippen LogP contribution in [0.25, 0.3) is 0 Å². The monoisotopic (exact) mass is 290 g/mol. The minimum atomic E-state index is 0.587. The van der Waals surface area contributed by atoms with E-state index in [0.717, 1.165) is 23.3 Å². The van der Waals surface area contributed by atoms with Gasteiger partial charge in [0.05, 0.1) is 12.3 Å². The van der Waals surface area contributed by atoms with Crippen LogP contribution >= 0.6 is 0 Å². The van der Waals surface area contributed by atoms with Gasteiger partial charge in [-0.2, -0.15) is 0 Å². The Morgan fingerprint density at radius 2 is 2.24 bits per heavy atom. The number of piperidine rings is 1. The Labute approximate surface area is 127 Å². The molecule has 1 aromatic rings. The average molecular weight is 290 g/mol. The molecule has 1 fully saturated rings. The van der Waals surface area contributed by atoms with E-state index in [1.165, 1.54) is 25.8 Å². The van der Waals surface area contributed by atoms with Crippen LogP contribution < -0.4 is 4.74 Å². The van der Waals surface area contributed by atoms with Crippen molar-refractivity contribution in [1.29, 1.82) is 0 Å². The minimum absolute atomic E-state index is 0.587. The molecule has 4 nitrogen and oxygen atoms in total. The number of oxime groups is 1. The van der Waals surface area contributed by atoms with E-state index in [1.807, 2.05) is 25.1 Å². The number of rotatable bonds is 5. The van der Waals surface area contributed by atoms with Crippen molar-refractivity contribution in [3.05, 3.63) is 29.3 Å². The van der Waals surface area contributed by atoms with Gasteiger partial charge in [0.1, 0.15) is 5.75 Å². The fourth-order valence-electron chi connectivity index (χ4n) is 2.92. The standard InChI is InChI=1S/C17H26N2O2/c1-13-7-8-17(16(12-13)14(2)18-20)21-11-9-15-6-4-5-10-19(15)3/h7-8,12,15,20H,4-6,9-11H2,1-3H3/b18-14+. The summed E-state index contributed by atoms with van der Waals surface area (Å²) in [5.41, 5.74) is 2.59. The van der Waals surface area contributed by atoms with Crippen LogP contribution in [0.15, 0.2) is 23.4 Å². The van der Waals surface area contributed by atoms with E-state index in [-0.39, 0.29) is 0 Å². The molecule has 1 aliphatic rings. The van der Waals surface area contributed by atoms with E-state index in [2.05, 4.69) is 17.1 Å². The van der Waals surface area contributed by atoms with Gasteiger partial charge >= 0.3 is 0 Å². The zero-order chi connectivity index (χ0) is 15.2. The second-order valence-corrected chi connectivity index (χ2v) is 5.95. The fraction of sp³-hybridized carbons (Fsp3) is 0.588. The van der Waals surface area contributed by atoms with E-state index in [9.17, 15) is 0 Å². The Kier molecular flexibility index (Phi) is 5.62. The molecule has 0 radical (unpaired) electrons. The molecular weight excluding hydrogens is 264 g/mol. The highest BCUT2D eigenvalue weighted by Crippen LogP contribution is 2.23. The summed E-state index contributed by atoms with van der Waals surface area (Å²) in [5, 5.41) is 12.3. The Bertz CT molecular complexity index is 500. The van der Waals surface area contributed by atoms with Crippen molar-refractivity contribution in [2.24, 2.45) is 5.16 Å². The molecule has 0 saturated carbocycles. The lowest BCUT2D eigenvalue weighted by Crippen LogP contribution is -2.37. The number of hydrogen-bond donors (Lipinski definition) is 1. The Hall–Kier alpha value is -1.55. The molecule has 2 rings (SSSR count). The molecule has 1 aliphatic heterocycles. The van der Waals surface area contributed by atoms with Crippen molar-refractivity contribution >= 4 is 5.71 Å². The zero-order valence-electron chi connectivity index (χ0n) is 13.3. The third-order valence-electron chi connectivity index (χ3n) is 4.31. The highest BCUT2D eigenvalue weighted by Gasteiger charge is 2.18. The number of aryl methyl sites for hydroxylation is 1. The van der Waals surface area contributed by atoms with Gasteiger partial charge in [-0.25, -0.2) is 0 Å². The van der Waals surface area contributed by atoms with Gasteiger partial charge in [0, 0.05) is 11.6 Å². The maximum absolute atomic E-state index is 8.99. The maximum Gasteiger partial charge on any atom is 0.128 e. The molecule has 0 bridgehead atoms. The van der Waals surface area contributed by atoms with E-state index in [0.29, 0.717) is 18.4 Å². The Balaban J connectivity index is 1.96. The van der Waals surface area contributed by atoms with Crippen molar-refractivity contribution in [3.63, 3.8) is 0 Å². The number of hydrogen-bond acceptors (Lipinski definition) is 4. The van der Waals surface area contributed by atoms with Gasteiger partial charge in [0.15, 0.2) is 0 Å². The molecule has 1 aromatic carbocycles. The predicted octanol–water partition coefficient (Wildman–Crippen LogP) is 3.45. The van der Waals surface area contributed by atoms with E-state index in [1.54, 1.807) is 6.92 Å². The maximum atomic E-state index is 8.99. The van der Waals surface area contributed by atoms with Gasteiger partial charge in [-0.1, -0.05) is 23.2 Å². The fourth-order valence-corrected chi connectivity index (χ4v) is 2.92. The lowest BCUT2D eigenvalue weighted by molar-refractivity contribution is 0.153. The van der Waals surface area contributed by atoms with Crippen molar-refractivity contribution in [2.75, 3.05) is 20.2 Å². The number of nitrogens with zero attached hydrogens (tertiary/aromatic N) is 2. The van der Waals surface area contributed by atoms with Gasteiger partial charge in [-0.15, -0.1) is 0 Å². The van der Waals surface area contributed by atoms with Crippen LogP contribution in [0.5, 0.6) is 5.75 Å². The molecule has 1 N–H and O–H groups in total. The SMILES string of the molecule is C/C(=N\O)c1cc(C)ccc1OCCC1CCCCN1C. The summed E-state index contributed by atoms with van der Waals surface area (Å²) in [5.74, 6) is 0.800. The van der Waals surface area contributed by atoms with Crippen molar-refractivity contribution in [1.82, 2.24) is 4.90 Å². The summed E-state index contributed by atoms with van der Waals surface area (Å²) >= 11 is 0. The van der Waals surface area contributed by atoms with Crippen LogP contribution in [0.2, 0.25) is 0 Å². The topological polar surface area (TPSA) is 45.1 Å². The smallest absolute Gasteiger partial charge is 0.128 e. The summed E-state index contributed by atoms with van der Waals surface area (Å²) < 4.78 is 5.95. The van der Waals surface area contributed by atoms with Crippen LogP contribution in [0.1, 0.15) is 43.7 Å². The second kappa shape index (κ2) is 7.46. The third-order valence-corrected chi connectivity index (χ3v) is 4.31. The summed E-state index contributed by atoms with van der Waals surface area (Å²) in [4.78, 5) is 2.43. The molecule has 116 valence electrons. The summed E-state index contributed by atoms with van der Waals surface area (Å²) in [6, 6.07) is 6.61. The van der Waals surface area contributed by atoms with Gasteiger partial charge in [0.25, 0.3) is 0 Å². The number of likely N-dealkylation sites (tertiary alicyclic amines) is 1. The van der Waals surface area contributed by atoms with E-state index >= 15 is 0 Å². The van der Waals surface area contributed by atoms with Crippen LogP contribution in [-0.4, -0.2) is 42.1 Å². The molecule has 0 aliphatic carbocycles. The molecule has 1 unspecified atom stereocenters. The molecule has 1 saturated heterocycles. The van der Waals surface area contributed by atoms with Gasteiger partial charge in [-0.3, -0.25) is 0 Å². The molecule has 4 heteroatoms. The second-order valence-electron chi connectivity index (χ2n) is 5.95. The first kappa shape index (κ1) is 15.8. The minimum Gasteiger partial charge on any atom is -0.493 e. The largest absolute Gasteiger partial charge is 0.493 e. The molecule has 1 heterocycles. The van der Waals surface area contributed by atoms with Gasteiger partial charge in [-0.05, 0) is 58.8 Å². The third kappa shape index (κ3) is 4.21. The van der Waals surface area contributed by atoms with Crippen LogP contribution in [0, 0.1) is 6.92 Å². The summed E-state index contributed by atoms with van der Waals surface area (Å²) in [6.45, 7) is 5.70. The molecular formula is C17H26N2O2.